The van der Waals surface area contributed by atoms with Crippen LogP contribution in [0.25, 0.3) is 11.5 Å². The summed E-state index contributed by atoms with van der Waals surface area (Å²) in [5.41, 5.74) is 4.85. The van der Waals surface area contributed by atoms with E-state index in [-0.39, 0.29) is 5.91 Å². The van der Waals surface area contributed by atoms with Gasteiger partial charge in [0.25, 0.3) is 5.91 Å². The van der Waals surface area contributed by atoms with Crippen LogP contribution in [0.4, 0.5) is 0 Å². The van der Waals surface area contributed by atoms with Crippen LogP contribution in [0, 0.1) is 6.92 Å². The molecule has 7 nitrogen and oxygen atoms in total. The summed E-state index contributed by atoms with van der Waals surface area (Å²) in [7, 11) is 3.90. The van der Waals surface area contributed by atoms with Crippen LogP contribution in [0.1, 0.15) is 27.2 Å². The number of rotatable bonds is 3. The number of thioether (sulfide) groups is 1. The van der Waals surface area contributed by atoms with E-state index in [0.29, 0.717) is 13.1 Å². The lowest BCUT2D eigenvalue weighted by molar-refractivity contribution is 0.0733. The van der Waals surface area contributed by atoms with E-state index in [1.54, 1.807) is 11.8 Å². The molecule has 4 rings (SSSR count). The molecule has 0 bridgehead atoms. The molecule has 0 atom stereocenters. The first kappa shape index (κ1) is 17.8. The van der Waals surface area contributed by atoms with Crippen molar-refractivity contribution in [2.24, 2.45) is 14.1 Å². The van der Waals surface area contributed by atoms with Crippen molar-refractivity contribution in [3.8, 4) is 11.5 Å². The number of fused-ring (bicyclic) bond motifs is 1. The van der Waals surface area contributed by atoms with Crippen molar-refractivity contribution >= 4 is 17.7 Å². The monoisotopic (exact) mass is 382 g/mol. The summed E-state index contributed by atoms with van der Waals surface area (Å²) in [5, 5.41) is 14.1. The Morgan fingerprint density at radius 3 is 2.74 bits per heavy atom. The topological polar surface area (TPSA) is 68.8 Å². The zero-order valence-corrected chi connectivity index (χ0v) is 16.7. The minimum absolute atomic E-state index is 0.0573. The van der Waals surface area contributed by atoms with Gasteiger partial charge in [0.05, 0.1) is 6.54 Å². The van der Waals surface area contributed by atoms with Crippen molar-refractivity contribution in [2.75, 3.05) is 12.8 Å². The highest BCUT2D eigenvalue weighted by molar-refractivity contribution is 7.98. The molecule has 0 saturated carbocycles. The van der Waals surface area contributed by atoms with Gasteiger partial charge < -0.3 is 9.47 Å². The van der Waals surface area contributed by atoms with E-state index in [2.05, 4.69) is 10.2 Å². The van der Waals surface area contributed by atoms with Crippen LogP contribution >= 0.6 is 11.8 Å². The third-order valence-electron chi connectivity index (χ3n) is 5.02. The third-order valence-corrected chi connectivity index (χ3v) is 5.74. The van der Waals surface area contributed by atoms with Crippen LogP contribution in [-0.2, 0) is 27.1 Å². The molecule has 0 aliphatic carbocycles. The standard InChI is InChI=1S/C19H22N6OS/c1-12-6-5-7-13(10-12)18(26)25-9-8-15-14(11-25)16(22-24(15)3)17-20-21-19(27-4)23(17)2/h5-7,10H,8-9,11H2,1-4H3. The summed E-state index contributed by atoms with van der Waals surface area (Å²) >= 11 is 1.55. The highest BCUT2D eigenvalue weighted by Crippen LogP contribution is 2.30. The number of aromatic nitrogens is 5. The van der Waals surface area contributed by atoms with Crippen LogP contribution in [0.2, 0.25) is 0 Å². The van der Waals surface area contributed by atoms with Gasteiger partial charge in [0.1, 0.15) is 5.69 Å². The normalized spacial score (nSPS) is 13.7. The molecule has 140 valence electrons. The van der Waals surface area contributed by atoms with Gasteiger partial charge in [0.2, 0.25) is 0 Å². The van der Waals surface area contributed by atoms with Crippen LogP contribution in [0.3, 0.4) is 0 Å². The van der Waals surface area contributed by atoms with E-state index in [0.717, 1.165) is 45.5 Å². The number of carbonyl (C=O) groups is 1. The van der Waals surface area contributed by atoms with Gasteiger partial charge in [-0.15, -0.1) is 10.2 Å². The van der Waals surface area contributed by atoms with E-state index in [4.69, 9.17) is 5.10 Å². The molecule has 27 heavy (non-hydrogen) atoms. The van der Waals surface area contributed by atoms with Crippen molar-refractivity contribution in [2.45, 2.75) is 25.0 Å². The number of amides is 1. The van der Waals surface area contributed by atoms with E-state index in [9.17, 15) is 4.79 Å². The predicted molar refractivity (Wildman–Crippen MR) is 105 cm³/mol. The Kier molecular flexibility index (Phi) is 4.51. The van der Waals surface area contributed by atoms with E-state index in [1.807, 2.05) is 65.7 Å². The Labute approximate surface area is 162 Å². The zero-order valence-electron chi connectivity index (χ0n) is 15.9. The molecule has 1 amide bonds. The van der Waals surface area contributed by atoms with E-state index >= 15 is 0 Å². The fraction of sp³-hybridized carbons (Fsp3) is 0.368. The van der Waals surface area contributed by atoms with Gasteiger partial charge in [-0.1, -0.05) is 29.5 Å². The average Bonchev–Trinajstić information content (AvgIpc) is 3.20. The maximum absolute atomic E-state index is 13.0. The van der Waals surface area contributed by atoms with Crippen molar-refractivity contribution in [1.29, 1.82) is 0 Å². The Morgan fingerprint density at radius 1 is 1.22 bits per heavy atom. The molecule has 3 heterocycles. The molecule has 1 aliphatic heterocycles. The molecule has 0 fully saturated rings. The number of aryl methyl sites for hydroxylation is 2. The number of nitrogens with zero attached hydrogens (tertiary/aromatic N) is 6. The summed E-state index contributed by atoms with van der Waals surface area (Å²) < 4.78 is 3.86. The van der Waals surface area contributed by atoms with Crippen LogP contribution in [0.15, 0.2) is 29.4 Å². The molecule has 1 aromatic carbocycles. The highest BCUT2D eigenvalue weighted by atomic mass is 32.2. The molecule has 0 saturated heterocycles. The van der Waals surface area contributed by atoms with Crippen molar-refractivity contribution in [3.05, 3.63) is 46.6 Å². The predicted octanol–water partition coefficient (Wildman–Crippen LogP) is 2.44. The maximum atomic E-state index is 13.0. The van der Waals surface area contributed by atoms with Gasteiger partial charge in [-0.3, -0.25) is 9.48 Å². The van der Waals surface area contributed by atoms with Gasteiger partial charge in [-0.25, -0.2) is 0 Å². The average molecular weight is 382 g/mol. The quantitative estimate of drug-likeness (QED) is 0.651. The summed E-state index contributed by atoms with van der Waals surface area (Å²) in [6, 6.07) is 7.75. The molecule has 0 spiro atoms. The van der Waals surface area contributed by atoms with Gasteiger partial charge in [-0.2, -0.15) is 5.10 Å². The number of benzene rings is 1. The lowest BCUT2D eigenvalue weighted by atomic mass is 10.0. The smallest absolute Gasteiger partial charge is 0.254 e. The van der Waals surface area contributed by atoms with Gasteiger partial charge in [0, 0.05) is 43.9 Å². The summed E-state index contributed by atoms with van der Waals surface area (Å²) in [6.07, 6.45) is 2.76. The maximum Gasteiger partial charge on any atom is 0.254 e. The fourth-order valence-corrected chi connectivity index (χ4v) is 4.09. The van der Waals surface area contributed by atoms with Crippen LogP contribution in [0.5, 0.6) is 0 Å². The third kappa shape index (κ3) is 3.03. The van der Waals surface area contributed by atoms with Crippen LogP contribution < -0.4 is 0 Å². The molecule has 1 aliphatic rings. The molecule has 0 unspecified atom stereocenters. The lowest BCUT2D eigenvalue weighted by Gasteiger charge is -2.27. The minimum atomic E-state index is 0.0573. The van der Waals surface area contributed by atoms with Gasteiger partial charge >= 0.3 is 0 Å². The number of hydrogen-bond donors (Lipinski definition) is 0. The first-order valence-electron chi connectivity index (χ1n) is 8.84. The largest absolute Gasteiger partial charge is 0.334 e. The summed E-state index contributed by atoms with van der Waals surface area (Å²) in [6.45, 7) is 3.22. The zero-order chi connectivity index (χ0) is 19.1. The lowest BCUT2D eigenvalue weighted by Crippen LogP contribution is -2.36. The van der Waals surface area contributed by atoms with Crippen molar-refractivity contribution in [1.82, 2.24) is 29.4 Å². The first-order chi connectivity index (χ1) is 13.0. The number of hydrogen-bond acceptors (Lipinski definition) is 5. The molecular formula is C19H22N6OS. The highest BCUT2D eigenvalue weighted by Gasteiger charge is 2.29. The second-order valence-corrected chi connectivity index (χ2v) is 7.59. The second kappa shape index (κ2) is 6.84. The summed E-state index contributed by atoms with van der Waals surface area (Å²) in [4.78, 5) is 14.9. The summed E-state index contributed by atoms with van der Waals surface area (Å²) in [5.74, 6) is 0.794. The first-order valence-corrected chi connectivity index (χ1v) is 10.1. The van der Waals surface area contributed by atoms with Crippen molar-refractivity contribution in [3.63, 3.8) is 0 Å². The van der Waals surface area contributed by atoms with Crippen molar-refractivity contribution < 1.29 is 4.79 Å². The minimum Gasteiger partial charge on any atom is -0.334 e. The molecule has 0 radical (unpaired) electrons. The molecule has 0 N–H and O–H groups in total. The fourth-order valence-electron chi connectivity index (χ4n) is 3.60. The molecule has 3 aromatic rings. The molecular weight excluding hydrogens is 360 g/mol. The Balaban J connectivity index is 1.70. The Hall–Kier alpha value is -2.61. The number of carbonyl (C=O) groups excluding carboxylic acids is 1. The Bertz CT molecular complexity index is 1020. The van der Waals surface area contributed by atoms with Gasteiger partial charge in [-0.05, 0) is 25.3 Å². The SMILES string of the molecule is CSc1nnc(-c2nn(C)c3c2CN(C(=O)c2cccc(C)c2)CC3)n1C. The van der Waals surface area contributed by atoms with Gasteiger partial charge in [0.15, 0.2) is 11.0 Å². The van der Waals surface area contributed by atoms with E-state index in [1.165, 1.54) is 0 Å². The molecule has 8 heteroatoms. The van der Waals surface area contributed by atoms with E-state index < -0.39 is 0 Å². The second-order valence-electron chi connectivity index (χ2n) is 6.81. The molecule has 2 aromatic heterocycles. The van der Waals surface area contributed by atoms with Crippen LogP contribution in [-0.4, -0.2) is 48.2 Å². The Morgan fingerprint density at radius 2 is 2.04 bits per heavy atom.